The monoisotopic (exact) mass is 535 g/mol. The highest BCUT2D eigenvalue weighted by Gasteiger charge is 2.46. The fourth-order valence-corrected chi connectivity index (χ4v) is 4.63. The second kappa shape index (κ2) is 11.5. The number of carbonyl (C=O) groups excluding carboxylic acids is 2. The maximum atomic E-state index is 12.7. The molecule has 10 nitrogen and oxygen atoms in total. The molecule has 10 heteroatoms. The summed E-state index contributed by atoms with van der Waals surface area (Å²) in [6.45, 7) is 0.647. The van der Waals surface area contributed by atoms with Crippen molar-refractivity contribution in [1.82, 2.24) is 5.32 Å². The van der Waals surface area contributed by atoms with E-state index >= 15 is 0 Å². The van der Waals surface area contributed by atoms with Crippen molar-refractivity contribution in [2.45, 2.75) is 25.2 Å². The van der Waals surface area contributed by atoms with Crippen LogP contribution in [0.25, 0.3) is 0 Å². The fraction of sp³-hybridized carbons (Fsp3) is 0.310. The number of alkyl carbamates (subject to hydrolysis) is 1. The minimum Gasteiger partial charge on any atom is -0.493 e. The Kier molecular flexibility index (Phi) is 7.74. The third-order valence-electron chi connectivity index (χ3n) is 6.58. The Bertz CT molecular complexity index is 1360. The normalized spacial score (nSPS) is 16.8. The van der Waals surface area contributed by atoms with E-state index in [1.165, 1.54) is 21.3 Å². The van der Waals surface area contributed by atoms with E-state index < -0.39 is 18.2 Å². The van der Waals surface area contributed by atoms with E-state index in [0.29, 0.717) is 35.8 Å². The second-order valence-corrected chi connectivity index (χ2v) is 8.88. The van der Waals surface area contributed by atoms with Gasteiger partial charge in [0.25, 0.3) is 0 Å². The summed E-state index contributed by atoms with van der Waals surface area (Å²) in [4.78, 5) is 25.0. The molecule has 0 aromatic heterocycles. The van der Waals surface area contributed by atoms with Gasteiger partial charge in [-0.05, 0) is 41.3 Å². The van der Waals surface area contributed by atoms with E-state index in [9.17, 15) is 9.59 Å². The Morgan fingerprint density at radius 3 is 2.38 bits per heavy atom. The van der Waals surface area contributed by atoms with Crippen LogP contribution in [-0.4, -0.2) is 46.7 Å². The van der Waals surface area contributed by atoms with E-state index in [1.807, 2.05) is 42.5 Å². The van der Waals surface area contributed by atoms with Crippen LogP contribution in [0.15, 0.2) is 54.6 Å². The first kappa shape index (κ1) is 26.2. The zero-order valence-corrected chi connectivity index (χ0v) is 21.9. The number of nitrogens with one attached hydrogen (secondary N) is 1. The van der Waals surface area contributed by atoms with Gasteiger partial charge in [-0.2, -0.15) is 0 Å². The van der Waals surface area contributed by atoms with Crippen LogP contribution in [0.4, 0.5) is 4.79 Å². The van der Waals surface area contributed by atoms with Gasteiger partial charge in [0.2, 0.25) is 6.79 Å². The summed E-state index contributed by atoms with van der Waals surface area (Å²) in [5, 5.41) is 2.79. The third-order valence-corrected chi connectivity index (χ3v) is 6.58. The number of esters is 1. The highest BCUT2D eigenvalue weighted by Crippen LogP contribution is 2.56. The van der Waals surface area contributed by atoms with Gasteiger partial charge >= 0.3 is 12.1 Å². The maximum Gasteiger partial charge on any atom is 0.407 e. The molecule has 1 amide bonds. The lowest BCUT2D eigenvalue weighted by atomic mass is 9.94. The Morgan fingerprint density at radius 2 is 1.67 bits per heavy atom. The van der Waals surface area contributed by atoms with Crippen molar-refractivity contribution in [2.24, 2.45) is 0 Å². The number of methoxy groups -OCH3 is 3. The first-order valence-electron chi connectivity index (χ1n) is 12.4. The first-order chi connectivity index (χ1) is 19.0. The van der Waals surface area contributed by atoms with E-state index in [1.54, 1.807) is 12.1 Å². The summed E-state index contributed by atoms with van der Waals surface area (Å²) < 4.78 is 38.5. The van der Waals surface area contributed by atoms with Crippen molar-refractivity contribution >= 4 is 12.1 Å². The van der Waals surface area contributed by atoms with Gasteiger partial charge in [0.1, 0.15) is 24.4 Å². The van der Waals surface area contributed by atoms with Gasteiger partial charge in [0.05, 0.1) is 21.3 Å². The quantitative estimate of drug-likeness (QED) is 0.296. The van der Waals surface area contributed by atoms with Crippen LogP contribution in [0.5, 0.6) is 23.0 Å². The van der Waals surface area contributed by atoms with Crippen LogP contribution in [0, 0.1) is 0 Å². The summed E-state index contributed by atoms with van der Waals surface area (Å²) in [7, 11) is 4.27. The van der Waals surface area contributed by atoms with Crippen molar-refractivity contribution in [2.75, 3.05) is 34.7 Å². The number of benzene rings is 3. The van der Waals surface area contributed by atoms with Crippen molar-refractivity contribution in [3.8, 4) is 23.0 Å². The summed E-state index contributed by atoms with van der Waals surface area (Å²) in [6.07, 6.45) is -0.799. The highest BCUT2D eigenvalue weighted by molar-refractivity contribution is 5.95. The molecule has 5 rings (SSSR count). The summed E-state index contributed by atoms with van der Waals surface area (Å²) in [6, 6.07) is 16.7. The van der Waals surface area contributed by atoms with Gasteiger partial charge in [-0.25, -0.2) is 9.59 Å². The lowest BCUT2D eigenvalue weighted by Crippen LogP contribution is -2.26. The van der Waals surface area contributed by atoms with Crippen LogP contribution >= 0.6 is 0 Å². The van der Waals surface area contributed by atoms with Crippen LogP contribution in [0.2, 0.25) is 0 Å². The summed E-state index contributed by atoms with van der Waals surface area (Å²) in [5.74, 6) is 1.37. The molecule has 39 heavy (non-hydrogen) atoms. The van der Waals surface area contributed by atoms with Gasteiger partial charge in [0.15, 0.2) is 23.0 Å². The molecule has 2 heterocycles. The molecule has 0 aliphatic carbocycles. The minimum absolute atomic E-state index is 0.124. The predicted molar refractivity (Wildman–Crippen MR) is 138 cm³/mol. The molecule has 0 bridgehead atoms. The topological polar surface area (TPSA) is 114 Å². The molecule has 0 saturated carbocycles. The Balaban J connectivity index is 1.33. The lowest BCUT2D eigenvalue weighted by Gasteiger charge is -2.15. The predicted octanol–water partition coefficient (Wildman–Crippen LogP) is 4.50. The first-order valence-corrected chi connectivity index (χ1v) is 12.4. The lowest BCUT2D eigenvalue weighted by molar-refractivity contribution is 0.0594. The Morgan fingerprint density at radius 1 is 0.923 bits per heavy atom. The van der Waals surface area contributed by atoms with Gasteiger partial charge in [-0.3, -0.25) is 0 Å². The average Bonchev–Trinajstić information content (AvgIpc) is 3.63. The molecule has 0 radical (unpaired) electrons. The number of hydrogen-bond acceptors (Lipinski definition) is 9. The van der Waals surface area contributed by atoms with E-state index in [0.717, 1.165) is 16.7 Å². The smallest absolute Gasteiger partial charge is 0.407 e. The molecule has 1 fully saturated rings. The van der Waals surface area contributed by atoms with E-state index in [4.69, 9.17) is 33.2 Å². The Hall–Kier alpha value is -4.44. The molecule has 2 atom stereocenters. The number of epoxide rings is 1. The average molecular weight is 536 g/mol. The number of ether oxygens (including phenoxy) is 7. The van der Waals surface area contributed by atoms with E-state index in [-0.39, 0.29) is 30.8 Å². The molecule has 2 aliphatic rings. The number of hydrogen-bond donors (Lipinski definition) is 1. The molecular weight excluding hydrogens is 506 g/mol. The standard InChI is InChI=1S/C29H29NO9/c1-33-21-10-9-19(24(27(21)34-2)28(31)35-3)25-26(39-25)20-14-23-22(37-16-38-23)13-18(20)11-12-30-29(32)36-15-17-7-5-4-6-8-17/h4-10,13-14,25-26H,11-12,15-16H2,1-3H3,(H,30,32)/t25-,26-/m1/s1. The Labute approximate surface area is 225 Å². The fourth-order valence-electron chi connectivity index (χ4n) is 4.63. The van der Waals surface area contributed by atoms with Crippen LogP contribution in [0.3, 0.4) is 0 Å². The zero-order valence-electron chi connectivity index (χ0n) is 21.9. The SMILES string of the molecule is COC(=O)c1c([C@H]2O[C@@H]2c2cc3c(cc2CCNC(=O)OCc2ccccc2)OCO3)ccc(OC)c1OC. The van der Waals surface area contributed by atoms with Crippen LogP contribution < -0.4 is 24.3 Å². The van der Waals surface area contributed by atoms with Crippen molar-refractivity contribution in [3.05, 3.63) is 82.4 Å². The van der Waals surface area contributed by atoms with Crippen LogP contribution in [0.1, 0.15) is 44.8 Å². The van der Waals surface area contributed by atoms with Crippen molar-refractivity contribution < 1.29 is 42.7 Å². The molecule has 2 aliphatic heterocycles. The molecule has 1 saturated heterocycles. The zero-order chi connectivity index (χ0) is 27.4. The largest absolute Gasteiger partial charge is 0.493 e. The minimum atomic E-state index is -0.556. The third kappa shape index (κ3) is 5.56. The van der Waals surface area contributed by atoms with E-state index in [2.05, 4.69) is 5.32 Å². The number of rotatable bonds is 10. The molecule has 0 unspecified atom stereocenters. The molecular formula is C29H29NO9. The van der Waals surface area contributed by atoms with Gasteiger partial charge in [0, 0.05) is 12.1 Å². The molecule has 3 aromatic rings. The summed E-state index contributed by atoms with van der Waals surface area (Å²) >= 11 is 0. The molecule has 0 spiro atoms. The molecule has 3 aromatic carbocycles. The second-order valence-electron chi connectivity index (χ2n) is 8.88. The highest BCUT2D eigenvalue weighted by atomic mass is 16.7. The van der Waals surface area contributed by atoms with Crippen molar-refractivity contribution in [1.29, 1.82) is 0 Å². The number of carbonyl (C=O) groups is 2. The van der Waals surface area contributed by atoms with Gasteiger partial charge < -0.3 is 38.5 Å². The molecule has 1 N–H and O–H groups in total. The van der Waals surface area contributed by atoms with Crippen LogP contribution in [-0.2, 0) is 27.2 Å². The number of amides is 1. The van der Waals surface area contributed by atoms with Gasteiger partial charge in [-0.1, -0.05) is 36.4 Å². The van der Waals surface area contributed by atoms with Crippen molar-refractivity contribution in [3.63, 3.8) is 0 Å². The molecule has 204 valence electrons. The maximum absolute atomic E-state index is 12.7. The van der Waals surface area contributed by atoms with Gasteiger partial charge in [-0.15, -0.1) is 0 Å². The summed E-state index contributed by atoms with van der Waals surface area (Å²) in [5.41, 5.74) is 3.56. The number of fused-ring (bicyclic) bond motifs is 1.